The van der Waals surface area contributed by atoms with E-state index in [2.05, 4.69) is 10.2 Å². The Labute approximate surface area is 241 Å². The lowest BCUT2D eigenvalue weighted by atomic mass is 9.80. The Hall–Kier alpha value is -3.92. The summed E-state index contributed by atoms with van der Waals surface area (Å²) in [5.74, 6) is -2.50. The fraction of sp³-hybridized carbons (Fsp3) is 0.484. The predicted octanol–water partition coefficient (Wildman–Crippen LogP) is 4.20. The molecular weight excluding hydrogens is 526 g/mol. The van der Waals surface area contributed by atoms with E-state index < -0.39 is 34.9 Å². The standard InChI is InChI=1S/C31H41N3O7/c1-30(2,3)41-29(39)34-19-17-33(18-20-34)16-15-31(4,5)25(28(38)40-21-22-11-7-6-8-12-22)32-26(35)23-13-9-10-14-24(23)27(36)37/h6-14,25H,15-21H2,1-5H3,(H,32,35)(H,36,37)/t25-/m1/s1. The third kappa shape index (κ3) is 9.31. The van der Waals surface area contributed by atoms with Crippen molar-refractivity contribution in [2.24, 2.45) is 5.41 Å². The lowest BCUT2D eigenvalue weighted by molar-refractivity contribution is -0.150. The van der Waals surface area contributed by atoms with Gasteiger partial charge in [0.15, 0.2) is 0 Å². The fourth-order valence-electron chi connectivity index (χ4n) is 4.53. The number of esters is 1. The summed E-state index contributed by atoms with van der Waals surface area (Å²) in [6.07, 6.45) is 0.203. The molecule has 2 aromatic rings. The van der Waals surface area contributed by atoms with E-state index in [0.29, 0.717) is 39.1 Å². The first-order chi connectivity index (χ1) is 19.3. The summed E-state index contributed by atoms with van der Waals surface area (Å²) in [5.41, 5.74) is -0.679. The third-order valence-electron chi connectivity index (χ3n) is 7.01. The van der Waals surface area contributed by atoms with Gasteiger partial charge in [-0.1, -0.05) is 56.3 Å². The number of ether oxygens (including phenoxy) is 2. The molecule has 0 aliphatic carbocycles. The van der Waals surface area contributed by atoms with Crippen LogP contribution in [-0.4, -0.2) is 83.2 Å². The molecule has 1 saturated heterocycles. The second-order valence-corrected chi connectivity index (χ2v) is 11.9. The summed E-state index contributed by atoms with van der Waals surface area (Å²) in [6.45, 7) is 12.3. The zero-order valence-electron chi connectivity index (χ0n) is 24.5. The molecule has 0 unspecified atom stereocenters. The lowest BCUT2D eigenvalue weighted by Crippen LogP contribution is -2.53. The van der Waals surface area contributed by atoms with Crippen molar-refractivity contribution >= 4 is 23.9 Å². The molecule has 2 aromatic carbocycles. The van der Waals surface area contributed by atoms with Crippen LogP contribution in [0.5, 0.6) is 0 Å². The number of carbonyl (C=O) groups excluding carboxylic acids is 3. The number of carbonyl (C=O) groups is 4. The average Bonchev–Trinajstić information content (AvgIpc) is 2.93. The molecule has 1 heterocycles. The van der Waals surface area contributed by atoms with Crippen molar-refractivity contribution < 1.29 is 33.8 Å². The summed E-state index contributed by atoms with van der Waals surface area (Å²) < 4.78 is 11.1. The maximum absolute atomic E-state index is 13.4. The Morgan fingerprint density at radius 2 is 1.46 bits per heavy atom. The summed E-state index contributed by atoms with van der Waals surface area (Å²) in [6, 6.07) is 14.1. The van der Waals surface area contributed by atoms with Crippen molar-refractivity contribution in [3.05, 3.63) is 71.3 Å². The highest BCUT2D eigenvalue weighted by Gasteiger charge is 2.39. The monoisotopic (exact) mass is 567 g/mol. The minimum atomic E-state index is -1.23. The Kier molecular flexibility index (Phi) is 10.5. The number of amides is 2. The van der Waals surface area contributed by atoms with Crippen molar-refractivity contribution in [1.82, 2.24) is 15.1 Å². The third-order valence-corrected chi connectivity index (χ3v) is 7.01. The van der Waals surface area contributed by atoms with Crippen molar-refractivity contribution in [2.45, 2.75) is 59.3 Å². The smallest absolute Gasteiger partial charge is 0.410 e. The minimum absolute atomic E-state index is 0.0325. The average molecular weight is 568 g/mol. The molecule has 0 saturated carbocycles. The van der Waals surface area contributed by atoms with E-state index in [-0.39, 0.29) is 23.8 Å². The zero-order chi connectivity index (χ0) is 30.2. The number of benzene rings is 2. The van der Waals surface area contributed by atoms with Gasteiger partial charge in [-0.15, -0.1) is 0 Å². The largest absolute Gasteiger partial charge is 0.478 e. The molecule has 1 aliphatic heterocycles. The maximum atomic E-state index is 13.4. The van der Waals surface area contributed by atoms with Gasteiger partial charge >= 0.3 is 18.0 Å². The number of aromatic carboxylic acids is 1. The van der Waals surface area contributed by atoms with Gasteiger partial charge in [-0.2, -0.15) is 0 Å². The quantitative estimate of drug-likeness (QED) is 0.410. The Bertz CT molecular complexity index is 1220. The molecule has 0 spiro atoms. The Morgan fingerprint density at radius 3 is 2.05 bits per heavy atom. The molecule has 10 nitrogen and oxygen atoms in total. The molecule has 1 aliphatic rings. The molecule has 1 fully saturated rings. The minimum Gasteiger partial charge on any atom is -0.478 e. The molecule has 222 valence electrons. The van der Waals surface area contributed by atoms with Crippen LogP contribution in [0.25, 0.3) is 0 Å². The number of carboxylic acids is 1. The van der Waals surface area contributed by atoms with Gasteiger partial charge in [0.2, 0.25) is 0 Å². The first-order valence-corrected chi connectivity index (χ1v) is 13.8. The van der Waals surface area contributed by atoms with Crippen LogP contribution in [0.3, 0.4) is 0 Å². The highest BCUT2D eigenvalue weighted by atomic mass is 16.6. The molecule has 3 rings (SSSR count). The lowest BCUT2D eigenvalue weighted by Gasteiger charge is -2.38. The van der Waals surface area contributed by atoms with Crippen LogP contribution >= 0.6 is 0 Å². The summed E-state index contributed by atoms with van der Waals surface area (Å²) >= 11 is 0. The number of carboxylic acid groups (broad SMARTS) is 1. The number of piperazine rings is 1. The van der Waals surface area contributed by atoms with Crippen molar-refractivity contribution in [2.75, 3.05) is 32.7 Å². The van der Waals surface area contributed by atoms with Gasteiger partial charge < -0.3 is 24.8 Å². The number of rotatable bonds is 10. The van der Waals surface area contributed by atoms with Gasteiger partial charge in [0.1, 0.15) is 18.2 Å². The SMILES string of the molecule is CC(C)(C)OC(=O)N1CCN(CCC(C)(C)[C@H](NC(=O)c2ccccc2C(=O)O)C(=O)OCc2ccccc2)CC1. The highest BCUT2D eigenvalue weighted by molar-refractivity contribution is 6.05. The number of hydrogen-bond donors (Lipinski definition) is 2. The van der Waals surface area contributed by atoms with Crippen LogP contribution in [0.1, 0.15) is 67.3 Å². The molecule has 1 atom stereocenters. The van der Waals surface area contributed by atoms with Gasteiger partial charge in [-0.3, -0.25) is 9.69 Å². The van der Waals surface area contributed by atoms with Gasteiger partial charge in [0.05, 0.1) is 11.1 Å². The van der Waals surface area contributed by atoms with Gasteiger partial charge in [-0.05, 0) is 56.8 Å². The molecule has 0 bridgehead atoms. The van der Waals surface area contributed by atoms with E-state index in [1.807, 2.05) is 65.0 Å². The zero-order valence-corrected chi connectivity index (χ0v) is 24.5. The van der Waals surface area contributed by atoms with E-state index in [1.54, 1.807) is 17.0 Å². The Balaban J connectivity index is 1.69. The maximum Gasteiger partial charge on any atom is 0.410 e. The predicted molar refractivity (Wildman–Crippen MR) is 154 cm³/mol. The second kappa shape index (κ2) is 13.6. The van der Waals surface area contributed by atoms with Crippen LogP contribution < -0.4 is 5.32 Å². The Morgan fingerprint density at radius 1 is 0.878 bits per heavy atom. The topological polar surface area (TPSA) is 125 Å². The van der Waals surface area contributed by atoms with Gasteiger partial charge in [0, 0.05) is 26.2 Å². The van der Waals surface area contributed by atoms with E-state index >= 15 is 0 Å². The molecule has 2 N–H and O–H groups in total. The molecule has 41 heavy (non-hydrogen) atoms. The summed E-state index contributed by atoms with van der Waals surface area (Å²) in [5, 5.41) is 12.3. The number of hydrogen-bond acceptors (Lipinski definition) is 7. The number of nitrogens with zero attached hydrogens (tertiary/aromatic N) is 2. The molecule has 0 radical (unpaired) electrons. The van der Waals surface area contributed by atoms with Gasteiger partial charge in [-0.25, -0.2) is 14.4 Å². The van der Waals surface area contributed by atoms with E-state index in [0.717, 1.165) is 5.56 Å². The van der Waals surface area contributed by atoms with Crippen LogP contribution in [-0.2, 0) is 20.9 Å². The summed E-state index contributed by atoms with van der Waals surface area (Å²) in [7, 11) is 0. The van der Waals surface area contributed by atoms with Crippen molar-refractivity contribution in [3.63, 3.8) is 0 Å². The molecular formula is C31H41N3O7. The molecule has 2 amide bonds. The van der Waals surface area contributed by atoms with E-state index in [1.165, 1.54) is 12.1 Å². The fourth-order valence-corrected chi connectivity index (χ4v) is 4.53. The highest BCUT2D eigenvalue weighted by Crippen LogP contribution is 2.28. The van der Waals surface area contributed by atoms with Crippen molar-refractivity contribution in [1.29, 1.82) is 0 Å². The van der Waals surface area contributed by atoms with Crippen molar-refractivity contribution in [3.8, 4) is 0 Å². The normalized spacial score (nSPS) is 15.1. The molecule has 10 heteroatoms. The van der Waals surface area contributed by atoms with E-state index in [4.69, 9.17) is 9.47 Å². The van der Waals surface area contributed by atoms with E-state index in [9.17, 15) is 24.3 Å². The first-order valence-electron chi connectivity index (χ1n) is 13.8. The van der Waals surface area contributed by atoms with Gasteiger partial charge in [0.25, 0.3) is 5.91 Å². The first kappa shape index (κ1) is 31.6. The van der Waals surface area contributed by atoms with Crippen LogP contribution in [0, 0.1) is 5.41 Å². The summed E-state index contributed by atoms with van der Waals surface area (Å²) in [4.78, 5) is 54.7. The van der Waals surface area contributed by atoms with Crippen LogP contribution in [0.15, 0.2) is 54.6 Å². The molecule has 0 aromatic heterocycles. The second-order valence-electron chi connectivity index (χ2n) is 11.9. The van der Waals surface area contributed by atoms with Crippen LogP contribution in [0.2, 0.25) is 0 Å². The van der Waals surface area contributed by atoms with Crippen LogP contribution in [0.4, 0.5) is 4.79 Å². The number of nitrogens with one attached hydrogen (secondary N) is 1.